The summed E-state index contributed by atoms with van der Waals surface area (Å²) in [5.74, 6) is 0.0806. The topological polar surface area (TPSA) is 38.6 Å². The van der Waals surface area contributed by atoms with Gasteiger partial charge in [0.1, 0.15) is 17.5 Å². The van der Waals surface area contributed by atoms with Crippen LogP contribution in [0.4, 0.5) is 13.2 Å². The van der Waals surface area contributed by atoms with Crippen molar-refractivity contribution >= 4 is 17.2 Å². The zero-order chi connectivity index (χ0) is 19.0. The maximum absolute atomic E-state index is 12.9. The van der Waals surface area contributed by atoms with E-state index in [1.807, 2.05) is 28.9 Å². The second-order valence-corrected chi connectivity index (χ2v) is 6.97. The SMILES string of the molecule is FC(F)(F)c1cccc(OC2CC(NCc3cccn4ccnc34)C2)c1Cl. The molecule has 1 N–H and O–H groups in total. The molecular weight excluding hydrogens is 379 g/mol. The fraction of sp³-hybridized carbons (Fsp3) is 0.316. The number of nitrogens with one attached hydrogen (secondary N) is 1. The molecular formula is C19H17ClF3N3O. The molecule has 1 saturated carbocycles. The fourth-order valence-electron chi connectivity index (χ4n) is 3.23. The maximum Gasteiger partial charge on any atom is 0.417 e. The van der Waals surface area contributed by atoms with Crippen LogP contribution in [0.25, 0.3) is 5.65 Å². The van der Waals surface area contributed by atoms with Crippen molar-refractivity contribution in [3.8, 4) is 5.75 Å². The molecule has 142 valence electrons. The lowest BCUT2D eigenvalue weighted by molar-refractivity contribution is -0.137. The van der Waals surface area contributed by atoms with Gasteiger partial charge in [0.2, 0.25) is 0 Å². The predicted molar refractivity (Wildman–Crippen MR) is 95.9 cm³/mol. The van der Waals surface area contributed by atoms with Gasteiger partial charge in [-0.25, -0.2) is 4.98 Å². The number of halogens is 4. The minimum absolute atomic E-state index is 0.0806. The van der Waals surface area contributed by atoms with Crippen LogP contribution in [0.1, 0.15) is 24.0 Å². The zero-order valence-corrected chi connectivity index (χ0v) is 15.0. The summed E-state index contributed by atoms with van der Waals surface area (Å²) in [7, 11) is 0. The Kier molecular flexibility index (Phi) is 4.74. The van der Waals surface area contributed by atoms with Gasteiger partial charge in [-0.15, -0.1) is 0 Å². The van der Waals surface area contributed by atoms with E-state index in [1.54, 1.807) is 6.20 Å². The first-order chi connectivity index (χ1) is 12.9. The normalized spacial score (nSPS) is 19.9. The van der Waals surface area contributed by atoms with E-state index in [0.29, 0.717) is 19.4 Å². The molecule has 0 amide bonds. The smallest absolute Gasteiger partial charge is 0.417 e. The summed E-state index contributed by atoms with van der Waals surface area (Å²) < 4.78 is 46.4. The summed E-state index contributed by atoms with van der Waals surface area (Å²) in [6.45, 7) is 0.670. The third-order valence-electron chi connectivity index (χ3n) is 4.74. The third-order valence-corrected chi connectivity index (χ3v) is 5.13. The summed E-state index contributed by atoms with van der Waals surface area (Å²) in [5.41, 5.74) is 1.13. The Bertz CT molecular complexity index is 951. The minimum atomic E-state index is -4.49. The molecule has 0 bridgehead atoms. The van der Waals surface area contributed by atoms with Gasteiger partial charge in [0, 0.05) is 36.7 Å². The average Bonchev–Trinajstić information content (AvgIpc) is 3.06. The van der Waals surface area contributed by atoms with Crippen molar-refractivity contribution in [2.75, 3.05) is 0 Å². The van der Waals surface area contributed by atoms with Gasteiger partial charge in [-0.1, -0.05) is 23.7 Å². The van der Waals surface area contributed by atoms with Crippen molar-refractivity contribution in [2.24, 2.45) is 0 Å². The minimum Gasteiger partial charge on any atom is -0.489 e. The average molecular weight is 396 g/mol. The molecule has 27 heavy (non-hydrogen) atoms. The zero-order valence-electron chi connectivity index (χ0n) is 14.2. The number of ether oxygens (including phenoxy) is 1. The van der Waals surface area contributed by atoms with E-state index in [4.69, 9.17) is 16.3 Å². The molecule has 4 rings (SSSR count). The highest BCUT2D eigenvalue weighted by atomic mass is 35.5. The van der Waals surface area contributed by atoms with Crippen LogP contribution >= 0.6 is 11.6 Å². The van der Waals surface area contributed by atoms with E-state index < -0.39 is 11.7 Å². The quantitative estimate of drug-likeness (QED) is 0.680. The Morgan fingerprint density at radius 2 is 2.00 bits per heavy atom. The van der Waals surface area contributed by atoms with Gasteiger partial charge in [-0.2, -0.15) is 13.2 Å². The van der Waals surface area contributed by atoms with Crippen molar-refractivity contribution in [1.29, 1.82) is 0 Å². The fourth-order valence-corrected chi connectivity index (χ4v) is 3.51. The number of nitrogens with zero attached hydrogens (tertiary/aromatic N) is 2. The van der Waals surface area contributed by atoms with Gasteiger partial charge >= 0.3 is 6.18 Å². The van der Waals surface area contributed by atoms with Crippen molar-refractivity contribution in [1.82, 2.24) is 14.7 Å². The monoisotopic (exact) mass is 395 g/mol. The number of pyridine rings is 1. The van der Waals surface area contributed by atoms with E-state index >= 15 is 0 Å². The van der Waals surface area contributed by atoms with Gasteiger partial charge in [-0.05, 0) is 31.0 Å². The number of hydrogen-bond donors (Lipinski definition) is 1. The molecule has 0 saturated heterocycles. The Morgan fingerprint density at radius 3 is 2.78 bits per heavy atom. The molecule has 2 heterocycles. The summed E-state index contributed by atoms with van der Waals surface area (Å²) in [5, 5.41) is 3.05. The Balaban J connectivity index is 1.32. The van der Waals surface area contributed by atoms with Crippen LogP contribution in [0, 0.1) is 0 Å². The van der Waals surface area contributed by atoms with Crippen LogP contribution in [-0.4, -0.2) is 21.5 Å². The second kappa shape index (κ2) is 7.05. The number of aromatic nitrogens is 2. The number of hydrogen-bond acceptors (Lipinski definition) is 3. The van der Waals surface area contributed by atoms with E-state index in [1.165, 1.54) is 12.1 Å². The van der Waals surface area contributed by atoms with Crippen LogP contribution in [0.2, 0.25) is 5.02 Å². The standard InChI is InChI=1S/C19H17ClF3N3O/c20-17-15(19(21,22)23)4-1-5-16(17)27-14-9-13(10-14)25-11-12-3-2-7-26-8-6-24-18(12)26/h1-8,13-14,25H,9-11H2. The molecule has 0 aliphatic heterocycles. The summed E-state index contributed by atoms with van der Waals surface area (Å²) >= 11 is 5.87. The van der Waals surface area contributed by atoms with E-state index in [9.17, 15) is 13.2 Å². The predicted octanol–water partition coefficient (Wildman–Crippen LogP) is 4.71. The molecule has 1 fully saturated rings. The molecule has 1 aliphatic carbocycles. The highest BCUT2D eigenvalue weighted by molar-refractivity contribution is 6.32. The Labute approximate surface area is 158 Å². The summed E-state index contributed by atoms with van der Waals surface area (Å²) in [6.07, 6.45) is 2.38. The Morgan fingerprint density at radius 1 is 1.19 bits per heavy atom. The largest absolute Gasteiger partial charge is 0.489 e. The van der Waals surface area contributed by atoms with Crippen LogP contribution in [0.3, 0.4) is 0 Å². The van der Waals surface area contributed by atoms with Crippen LogP contribution < -0.4 is 10.1 Å². The van der Waals surface area contributed by atoms with E-state index in [-0.39, 0.29) is 22.9 Å². The number of benzene rings is 1. The first-order valence-corrected chi connectivity index (χ1v) is 8.96. The van der Waals surface area contributed by atoms with Crippen molar-refractivity contribution < 1.29 is 17.9 Å². The Hall–Kier alpha value is -2.25. The maximum atomic E-state index is 12.9. The van der Waals surface area contributed by atoms with Gasteiger partial charge in [0.15, 0.2) is 0 Å². The first kappa shape index (κ1) is 18.1. The van der Waals surface area contributed by atoms with Gasteiger partial charge < -0.3 is 14.5 Å². The van der Waals surface area contributed by atoms with Crippen LogP contribution in [-0.2, 0) is 12.7 Å². The van der Waals surface area contributed by atoms with Gasteiger partial charge in [0.05, 0.1) is 10.6 Å². The molecule has 2 aromatic heterocycles. The number of imidazole rings is 1. The summed E-state index contributed by atoms with van der Waals surface area (Å²) in [4.78, 5) is 4.34. The molecule has 0 radical (unpaired) electrons. The number of alkyl halides is 3. The third kappa shape index (κ3) is 3.75. The lowest BCUT2D eigenvalue weighted by Gasteiger charge is -2.36. The first-order valence-electron chi connectivity index (χ1n) is 8.58. The lowest BCUT2D eigenvalue weighted by Crippen LogP contribution is -2.46. The molecule has 1 aromatic carbocycles. The van der Waals surface area contributed by atoms with Crippen molar-refractivity contribution in [2.45, 2.75) is 37.7 Å². The van der Waals surface area contributed by atoms with Crippen molar-refractivity contribution in [3.63, 3.8) is 0 Å². The second-order valence-electron chi connectivity index (χ2n) is 6.60. The van der Waals surface area contributed by atoms with Crippen LogP contribution in [0.15, 0.2) is 48.9 Å². The molecule has 0 atom stereocenters. The lowest BCUT2D eigenvalue weighted by atomic mass is 9.89. The van der Waals surface area contributed by atoms with E-state index in [2.05, 4.69) is 10.3 Å². The van der Waals surface area contributed by atoms with Gasteiger partial charge in [-0.3, -0.25) is 0 Å². The molecule has 8 heteroatoms. The van der Waals surface area contributed by atoms with Crippen LogP contribution in [0.5, 0.6) is 5.75 Å². The molecule has 0 unspecified atom stereocenters. The van der Waals surface area contributed by atoms with E-state index in [0.717, 1.165) is 17.3 Å². The van der Waals surface area contributed by atoms with Gasteiger partial charge in [0.25, 0.3) is 0 Å². The highest BCUT2D eigenvalue weighted by Crippen LogP contribution is 2.40. The molecule has 0 spiro atoms. The number of fused-ring (bicyclic) bond motifs is 1. The van der Waals surface area contributed by atoms with Crippen molar-refractivity contribution in [3.05, 3.63) is 65.1 Å². The highest BCUT2D eigenvalue weighted by Gasteiger charge is 2.36. The molecule has 1 aliphatic rings. The summed E-state index contributed by atoms with van der Waals surface area (Å²) in [6, 6.07) is 7.96. The number of rotatable bonds is 5. The molecule has 4 nitrogen and oxygen atoms in total. The molecule has 3 aromatic rings.